The quantitative estimate of drug-likeness (QED) is 0.385. The third-order valence-electron chi connectivity index (χ3n) is 8.99. The Morgan fingerprint density at radius 2 is 1.91 bits per heavy atom. The fourth-order valence-corrected chi connectivity index (χ4v) is 6.59. The van der Waals surface area contributed by atoms with Gasteiger partial charge in [-0.1, -0.05) is 6.58 Å². The lowest BCUT2D eigenvalue weighted by molar-refractivity contribution is -0.131. The van der Waals surface area contributed by atoms with Gasteiger partial charge in [0.15, 0.2) is 17.5 Å². The van der Waals surface area contributed by atoms with Gasteiger partial charge in [-0.15, -0.1) is 0 Å². The van der Waals surface area contributed by atoms with E-state index in [1.807, 2.05) is 0 Å². The van der Waals surface area contributed by atoms with Gasteiger partial charge in [0.05, 0.1) is 30.2 Å². The number of nitrogens with two attached hydrogens (primary N) is 1. The molecule has 2 saturated heterocycles. The van der Waals surface area contributed by atoms with Gasteiger partial charge in [0.25, 0.3) is 5.91 Å². The standard InChI is InChI=1S/C31H37F3N8O2/c1-19(32)30(43)42-11-10-41(16-21(42)5-7-35)29-23-6-9-40(28-15-36-14-20-12-25(33)26(34)13-24(20)28)17-27(23)37-31(38-29)44-18-22-4-3-8-39(22)2/h12-15,21-22H,1,3-11,16-18,35H2,2H3/t21-,22-/m0/s1. The Morgan fingerprint density at radius 3 is 2.66 bits per heavy atom. The topological polar surface area (TPSA) is 104 Å². The summed E-state index contributed by atoms with van der Waals surface area (Å²) < 4.78 is 48.3. The van der Waals surface area contributed by atoms with Gasteiger partial charge in [0.1, 0.15) is 12.4 Å². The van der Waals surface area contributed by atoms with Crippen LogP contribution in [0.1, 0.15) is 30.5 Å². The SMILES string of the molecule is C=C(F)C(=O)N1CCN(c2nc(OC[C@@H]3CCCN3C)nc3c2CCN(c2cncc4cc(F)c(F)cc24)C3)C[C@@H]1CCN. The van der Waals surface area contributed by atoms with Crippen LogP contribution in [0.3, 0.4) is 0 Å². The van der Waals surface area contributed by atoms with Crippen LogP contribution in [0.5, 0.6) is 6.01 Å². The lowest BCUT2D eigenvalue weighted by Crippen LogP contribution is -2.56. The van der Waals surface area contributed by atoms with Crippen LogP contribution in [0.4, 0.5) is 24.7 Å². The van der Waals surface area contributed by atoms with E-state index in [9.17, 15) is 18.0 Å². The second-order valence-corrected chi connectivity index (χ2v) is 11.7. The number of likely N-dealkylation sites (N-methyl/N-ethyl adjacent to an activating group) is 1. The number of carbonyl (C=O) groups excluding carboxylic acids is 1. The van der Waals surface area contributed by atoms with Gasteiger partial charge in [-0.2, -0.15) is 9.97 Å². The fourth-order valence-electron chi connectivity index (χ4n) is 6.59. The smallest absolute Gasteiger partial charge is 0.318 e. The first kappa shape index (κ1) is 30.1. The van der Waals surface area contributed by atoms with Gasteiger partial charge in [0.2, 0.25) is 0 Å². The van der Waals surface area contributed by atoms with Crippen LogP contribution in [0.25, 0.3) is 10.8 Å². The van der Waals surface area contributed by atoms with E-state index in [4.69, 9.17) is 20.4 Å². The van der Waals surface area contributed by atoms with Crippen LogP contribution in [-0.2, 0) is 17.8 Å². The number of hydrogen-bond acceptors (Lipinski definition) is 9. The summed E-state index contributed by atoms with van der Waals surface area (Å²) in [5.74, 6) is -2.81. The number of carbonyl (C=O) groups is 1. The normalized spacial score (nSPS) is 20.7. The molecular weight excluding hydrogens is 573 g/mol. The second kappa shape index (κ2) is 12.6. The molecule has 5 heterocycles. The van der Waals surface area contributed by atoms with E-state index in [0.717, 1.165) is 42.5 Å². The van der Waals surface area contributed by atoms with E-state index in [1.54, 1.807) is 6.20 Å². The largest absolute Gasteiger partial charge is 0.462 e. The minimum absolute atomic E-state index is 0.260. The second-order valence-electron chi connectivity index (χ2n) is 11.7. The van der Waals surface area contributed by atoms with Crippen LogP contribution in [0.2, 0.25) is 0 Å². The van der Waals surface area contributed by atoms with Crippen molar-refractivity contribution < 1.29 is 22.7 Å². The number of halogens is 3. The maximum atomic E-state index is 14.3. The zero-order chi connectivity index (χ0) is 31.0. The van der Waals surface area contributed by atoms with Gasteiger partial charge in [-0.05, 0) is 58.0 Å². The number of pyridine rings is 1. The van der Waals surface area contributed by atoms with E-state index >= 15 is 0 Å². The Balaban J connectivity index is 1.33. The highest BCUT2D eigenvalue weighted by Crippen LogP contribution is 2.35. The molecule has 0 aliphatic carbocycles. The van der Waals surface area contributed by atoms with E-state index in [0.29, 0.717) is 75.2 Å². The van der Waals surface area contributed by atoms with Crippen molar-refractivity contribution in [2.24, 2.45) is 5.73 Å². The molecule has 3 aliphatic rings. The predicted molar refractivity (Wildman–Crippen MR) is 161 cm³/mol. The molecule has 10 nitrogen and oxygen atoms in total. The molecule has 44 heavy (non-hydrogen) atoms. The Bertz CT molecular complexity index is 1570. The zero-order valence-electron chi connectivity index (χ0n) is 24.8. The predicted octanol–water partition coefficient (Wildman–Crippen LogP) is 3.19. The van der Waals surface area contributed by atoms with Crippen molar-refractivity contribution in [1.29, 1.82) is 0 Å². The van der Waals surface area contributed by atoms with Crippen molar-refractivity contribution in [3.8, 4) is 6.01 Å². The molecule has 1 amide bonds. The molecule has 0 unspecified atom stereocenters. The van der Waals surface area contributed by atoms with Crippen molar-refractivity contribution >= 4 is 28.2 Å². The Labute approximate surface area is 254 Å². The van der Waals surface area contributed by atoms with Crippen molar-refractivity contribution in [2.45, 2.75) is 44.3 Å². The monoisotopic (exact) mass is 610 g/mol. The van der Waals surface area contributed by atoms with E-state index in [1.165, 1.54) is 17.2 Å². The van der Waals surface area contributed by atoms with E-state index < -0.39 is 23.4 Å². The molecule has 0 bridgehead atoms. The van der Waals surface area contributed by atoms with Gasteiger partial charge < -0.3 is 30.1 Å². The third kappa shape index (κ3) is 5.90. The molecule has 234 valence electrons. The fraction of sp³-hybridized carbons (Fsp3) is 0.484. The minimum atomic E-state index is -0.988. The number of ether oxygens (including phenoxy) is 1. The summed E-state index contributed by atoms with van der Waals surface area (Å²) in [6.45, 7) is 7.12. The van der Waals surface area contributed by atoms with Crippen LogP contribution in [0, 0.1) is 11.6 Å². The van der Waals surface area contributed by atoms with Crippen molar-refractivity contribution in [1.82, 2.24) is 24.8 Å². The van der Waals surface area contributed by atoms with Crippen LogP contribution < -0.4 is 20.3 Å². The average Bonchev–Trinajstić information content (AvgIpc) is 3.43. The molecule has 13 heteroatoms. The summed E-state index contributed by atoms with van der Waals surface area (Å²) in [6.07, 6.45) is 6.40. The van der Waals surface area contributed by atoms with Gasteiger partial charge in [-0.25, -0.2) is 13.2 Å². The first-order chi connectivity index (χ1) is 21.2. The number of anilines is 2. The number of fused-ring (bicyclic) bond motifs is 2. The Morgan fingerprint density at radius 1 is 1.09 bits per heavy atom. The highest BCUT2D eigenvalue weighted by molar-refractivity contribution is 5.93. The first-order valence-corrected chi connectivity index (χ1v) is 15.0. The summed E-state index contributed by atoms with van der Waals surface area (Å²) in [7, 11) is 2.08. The number of benzene rings is 1. The summed E-state index contributed by atoms with van der Waals surface area (Å²) in [5.41, 5.74) is 8.28. The molecule has 0 radical (unpaired) electrons. The summed E-state index contributed by atoms with van der Waals surface area (Å²) in [5, 5.41) is 1.08. The number of rotatable bonds is 8. The first-order valence-electron chi connectivity index (χ1n) is 15.0. The molecule has 0 saturated carbocycles. The highest BCUT2D eigenvalue weighted by Gasteiger charge is 2.35. The van der Waals surface area contributed by atoms with E-state index in [-0.39, 0.29) is 18.1 Å². The lowest BCUT2D eigenvalue weighted by atomic mass is 10.0. The van der Waals surface area contributed by atoms with Crippen molar-refractivity contribution in [3.63, 3.8) is 0 Å². The molecule has 0 spiro atoms. The molecule has 2 fully saturated rings. The summed E-state index contributed by atoms with van der Waals surface area (Å²) in [4.78, 5) is 34.5. The summed E-state index contributed by atoms with van der Waals surface area (Å²) in [6, 6.07) is 2.58. The van der Waals surface area contributed by atoms with Crippen LogP contribution >= 0.6 is 0 Å². The number of aromatic nitrogens is 3. The number of likely N-dealkylation sites (tertiary alicyclic amines) is 1. The molecule has 1 aromatic carbocycles. The van der Waals surface area contributed by atoms with Gasteiger partial charge in [0, 0.05) is 54.8 Å². The maximum Gasteiger partial charge on any atom is 0.318 e. The highest BCUT2D eigenvalue weighted by atomic mass is 19.2. The molecule has 2 aromatic heterocycles. The molecule has 2 N–H and O–H groups in total. The van der Waals surface area contributed by atoms with Gasteiger partial charge in [-0.3, -0.25) is 9.78 Å². The average molecular weight is 611 g/mol. The molecule has 3 aliphatic heterocycles. The Kier molecular flexibility index (Phi) is 8.59. The third-order valence-corrected chi connectivity index (χ3v) is 8.99. The minimum Gasteiger partial charge on any atom is -0.462 e. The molecule has 2 atom stereocenters. The van der Waals surface area contributed by atoms with E-state index in [2.05, 4.69) is 33.3 Å². The van der Waals surface area contributed by atoms with Crippen molar-refractivity contribution in [2.75, 3.05) is 62.7 Å². The van der Waals surface area contributed by atoms with Crippen molar-refractivity contribution in [3.05, 3.63) is 59.8 Å². The molecule has 3 aromatic rings. The molecular formula is C31H37F3N8O2. The zero-order valence-corrected chi connectivity index (χ0v) is 24.8. The maximum absolute atomic E-state index is 14.3. The van der Waals surface area contributed by atoms with Gasteiger partial charge >= 0.3 is 6.01 Å². The molecule has 6 rings (SSSR count). The number of nitrogens with zero attached hydrogens (tertiary/aromatic N) is 7. The lowest BCUT2D eigenvalue weighted by Gasteiger charge is -2.43. The number of hydrogen-bond donors (Lipinski definition) is 1. The Hall–Kier alpha value is -3.97. The summed E-state index contributed by atoms with van der Waals surface area (Å²) >= 11 is 0. The number of amides is 1. The number of piperazine rings is 1. The van der Waals surface area contributed by atoms with Crippen LogP contribution in [0.15, 0.2) is 36.9 Å². The van der Waals surface area contributed by atoms with Crippen LogP contribution in [-0.4, -0.2) is 95.7 Å².